The van der Waals surface area contributed by atoms with E-state index in [1.807, 2.05) is 88.9 Å². The van der Waals surface area contributed by atoms with Crippen LogP contribution in [-0.4, -0.2) is 304 Å². The number of aromatic nitrogens is 10. The maximum atomic E-state index is 14.8. The van der Waals surface area contributed by atoms with Gasteiger partial charge in [0.15, 0.2) is 18.0 Å². The molecule has 6 aromatic heterocycles. The quantitative estimate of drug-likeness (QED) is 0.0108. The van der Waals surface area contributed by atoms with E-state index in [0.717, 1.165) is 51.9 Å². The van der Waals surface area contributed by atoms with Gasteiger partial charge in [-0.2, -0.15) is 5.10 Å². The smallest absolute Gasteiger partial charge is 0.329 e. The number of aryl methyl sites for hydroxylation is 1. The van der Waals surface area contributed by atoms with Crippen molar-refractivity contribution in [2.24, 2.45) is 40.7 Å². The number of nitrogen functional groups attached to an aromatic ring is 1. The molecule has 4 saturated heterocycles. The molecule has 1 aromatic carbocycles. The molecule has 134 heavy (non-hydrogen) atoms. The molecule has 722 valence electrons. The Balaban J connectivity index is 0.525. The molecule has 0 radical (unpaired) electrons. The van der Waals surface area contributed by atoms with Crippen LogP contribution in [0.4, 0.5) is 17.7 Å². The van der Waals surface area contributed by atoms with Crippen molar-refractivity contribution in [3.05, 3.63) is 149 Å². The molecule has 0 unspecified atom stereocenters. The molecule has 14 rings (SSSR count). The number of aliphatic hydroxyl groups excluding tert-OH is 3. The molecule has 1 aliphatic carbocycles. The molecular formula is C99H134N18O17. The number of nitrogens with two attached hydrogens (primary N) is 1. The number of ketones is 2. The summed E-state index contributed by atoms with van der Waals surface area (Å²) in [5, 5.41) is 58.7. The van der Waals surface area contributed by atoms with Crippen LogP contribution in [0.5, 0.6) is 0 Å². The van der Waals surface area contributed by atoms with Crippen LogP contribution >= 0.6 is 0 Å². The fourth-order valence-electron chi connectivity index (χ4n) is 19.8. The Hall–Kier alpha value is -10.7. The number of ether oxygens (including phenoxy) is 6. The Morgan fingerprint density at radius 1 is 0.724 bits per heavy atom. The van der Waals surface area contributed by atoms with Crippen molar-refractivity contribution in [3.63, 3.8) is 0 Å². The number of nitrogens with zero attached hydrogens (tertiary/aromatic N) is 16. The lowest BCUT2D eigenvalue weighted by atomic mass is 9.78. The van der Waals surface area contributed by atoms with Crippen LogP contribution in [-0.2, 0) is 83.2 Å². The minimum absolute atomic E-state index is 0.0218. The Bertz CT molecular complexity index is 5340. The van der Waals surface area contributed by atoms with E-state index in [4.69, 9.17) is 44.1 Å². The number of fused-ring (bicyclic) bond motifs is 6. The highest BCUT2D eigenvalue weighted by Crippen LogP contribution is 2.40. The number of anilines is 3. The zero-order valence-corrected chi connectivity index (χ0v) is 79.0. The van der Waals surface area contributed by atoms with Gasteiger partial charge < -0.3 is 88.9 Å². The van der Waals surface area contributed by atoms with Crippen LogP contribution in [0.3, 0.4) is 0 Å². The largest absolute Gasteiger partial charge is 0.460 e. The van der Waals surface area contributed by atoms with Gasteiger partial charge in [-0.05, 0) is 154 Å². The maximum Gasteiger partial charge on any atom is 0.329 e. The van der Waals surface area contributed by atoms with Crippen LogP contribution in [0.2, 0.25) is 0 Å². The summed E-state index contributed by atoms with van der Waals surface area (Å²) in [6, 6.07) is 9.17. The van der Waals surface area contributed by atoms with Gasteiger partial charge in [0, 0.05) is 185 Å². The van der Waals surface area contributed by atoms with E-state index in [9.17, 15) is 49.2 Å². The van der Waals surface area contributed by atoms with Crippen molar-refractivity contribution in [1.82, 2.24) is 69.3 Å². The summed E-state index contributed by atoms with van der Waals surface area (Å²) in [6.07, 6.45) is 23.4. The summed E-state index contributed by atoms with van der Waals surface area (Å²) in [4.78, 5) is 137. The van der Waals surface area contributed by atoms with Crippen LogP contribution in [0.15, 0.2) is 127 Å². The highest BCUT2D eigenvalue weighted by Gasteiger charge is 2.53. The van der Waals surface area contributed by atoms with E-state index < -0.39 is 84.1 Å². The fraction of sp³-hybridized carbons (Fsp3) is 0.586. The van der Waals surface area contributed by atoms with Gasteiger partial charge in [-0.15, -0.1) is 0 Å². The van der Waals surface area contributed by atoms with E-state index in [1.165, 1.54) is 23.9 Å². The number of allylic oxidation sites excluding steroid dienone is 5. The second-order valence-electron chi connectivity index (χ2n) is 37.6. The number of hydrogen-bond donors (Lipinski definition) is 6. The molecule has 7 aliphatic rings. The van der Waals surface area contributed by atoms with E-state index in [0.29, 0.717) is 201 Å². The number of aromatic amines is 1. The first-order valence-electron chi connectivity index (χ1n) is 47.6. The number of carbonyl (C=O) groups excluding carboxylic acids is 6. The average Bonchev–Trinajstić information content (AvgIpc) is 1.55. The predicted octanol–water partition coefficient (Wildman–Crippen LogP) is 8.95. The minimum atomic E-state index is -2.47. The number of Topliss-reactive ketones (excluding diaryl/α,β-unsaturated/α-hetero) is 2. The second kappa shape index (κ2) is 46.2. The van der Waals surface area contributed by atoms with Crippen molar-refractivity contribution in [2.75, 3.05) is 129 Å². The van der Waals surface area contributed by atoms with Crippen LogP contribution < -0.4 is 15.5 Å². The number of piperazine rings is 2. The number of rotatable bonds is 24. The normalized spacial score (nSPS) is 28.6. The molecule has 7 N–H and O–H groups in total. The SMILES string of the molecule is CO[C@H]1C[C@@H]2CC[C@@H](C)[C@@](O)(O2)C(=O)C(=O)N2CCCC[C@H]2C(=O)O[C@H]([C@H](C)C[C@@H]2CC[C@@H](O)[C@H](OC)C2)C[C@@H](O)[C@H](C)/C=C(\C)[C@@H](O)[C@@H](OC)C(=NOCC(=O)CCc2cnc(N3CCN(C(=O)CCOCCN4CCN(c5ncc(C(=O)N6CCc7cc(Cn8nc(-c9cnc%10[nH]ccc%10c9)c9c(N)ncnc98)ccc7C6)cn5)CC4)CC3)nc2)[C@H](C)C[C@H](C)/C=C/C=C/C=C/1C. The summed E-state index contributed by atoms with van der Waals surface area (Å²) in [6.45, 7) is 20.9. The van der Waals surface area contributed by atoms with Crippen molar-refractivity contribution < 1.29 is 82.5 Å². The van der Waals surface area contributed by atoms with E-state index in [1.54, 1.807) is 72.1 Å². The van der Waals surface area contributed by atoms with Crippen LogP contribution in [0, 0.1) is 35.5 Å². The van der Waals surface area contributed by atoms with Crippen LogP contribution in [0.1, 0.15) is 171 Å². The fourth-order valence-corrected chi connectivity index (χ4v) is 19.8. The molecule has 12 heterocycles. The predicted molar refractivity (Wildman–Crippen MR) is 504 cm³/mol. The number of cyclic esters (lactones) is 1. The second-order valence-corrected chi connectivity index (χ2v) is 37.6. The number of pyridine rings is 1. The standard InChI is InChI=1S/C99H134N18O17/c1-61-16-12-11-13-17-62(2)81(128-8)50-77-25-19-67(7)99(127,134-77)90(123)95(125)116-31-15-14-18-78(116)96(126)133-82(64(4)46-68-22-26-79(119)83(48-68)129-9)51-80(120)63(3)45-66(6)88(122)89(130-10)86(65(5)44-61)110-132-59-76(118)24-21-70-52-103-97(104-53-70)114-39-37-112(38-40-114)84(121)29-42-131-43-41-111-33-35-113(36-34-111)98-105-55-75(56-106-98)94(124)115-32-28-71-47-69(20-23-73(71)58-115)57-117-93-85(91(100)107-60-108-93)87(109-117)74-49-72-27-30-101-92(72)102-54-74/h11-13,16-17,20,23,27,30,45,47,49,52-56,60-61,63-65,67-68,77-83,88-89,119-120,122,127H,14-15,18-19,21-22,24-26,28-29,31-44,46,48,50-51,57-59H2,1-10H3,(H,101,102)(H2,100,107,108)/b13-11+,16-12+,62-17+,66-45+,110-86?/t61-,63-,64-,65-,67-,68+,77+,78+,79-,80-,81+,82+,83-,88-,89+,99-/m1/s1. The van der Waals surface area contributed by atoms with E-state index in [2.05, 4.69) is 80.0 Å². The third kappa shape index (κ3) is 24.6. The van der Waals surface area contributed by atoms with Gasteiger partial charge in [-0.1, -0.05) is 94.4 Å². The molecular weight excluding hydrogens is 1710 g/mol. The number of hydrogen-bond acceptors (Lipinski definition) is 30. The summed E-state index contributed by atoms with van der Waals surface area (Å²) in [5.41, 5.74) is 15.5. The number of aliphatic hydroxyl groups is 4. The first kappa shape index (κ1) is 99.2. The number of benzene rings is 1. The molecule has 1 saturated carbocycles. The number of oxime groups is 1. The molecule has 2 bridgehead atoms. The summed E-state index contributed by atoms with van der Waals surface area (Å²) in [7, 11) is 4.62. The number of H-pyrrole nitrogens is 1. The van der Waals surface area contributed by atoms with Gasteiger partial charge >= 0.3 is 5.97 Å². The van der Waals surface area contributed by atoms with Crippen molar-refractivity contribution in [3.8, 4) is 11.3 Å². The van der Waals surface area contributed by atoms with E-state index >= 15 is 0 Å². The minimum Gasteiger partial charge on any atom is -0.460 e. The molecule has 16 atom stereocenters. The zero-order valence-electron chi connectivity index (χ0n) is 79.0. The van der Waals surface area contributed by atoms with Crippen molar-refractivity contribution >= 4 is 80.8 Å². The number of esters is 1. The molecule has 3 amide bonds. The Labute approximate surface area is 783 Å². The lowest BCUT2D eigenvalue weighted by Gasteiger charge is -2.43. The average molecular weight is 1850 g/mol. The number of piperidine rings is 1. The zero-order chi connectivity index (χ0) is 94.9. The number of amides is 3. The Kier molecular flexibility index (Phi) is 34.2. The molecule has 6 aliphatic heterocycles. The first-order chi connectivity index (χ1) is 64.6. The molecule has 5 fully saturated rings. The maximum absolute atomic E-state index is 14.8. The number of nitrogens with one attached hydrogen (secondary N) is 1. The van der Waals surface area contributed by atoms with Gasteiger partial charge in [-0.25, -0.2) is 44.4 Å². The summed E-state index contributed by atoms with van der Waals surface area (Å²) < 4.78 is 38.3. The van der Waals surface area contributed by atoms with Gasteiger partial charge in [-0.3, -0.25) is 28.9 Å². The molecule has 0 spiro atoms. The van der Waals surface area contributed by atoms with Crippen LogP contribution in [0.25, 0.3) is 33.3 Å². The Morgan fingerprint density at radius 2 is 1.48 bits per heavy atom. The number of methoxy groups -OCH3 is 3. The number of carbonyl (C=O) groups is 6. The first-order valence-corrected chi connectivity index (χ1v) is 47.6. The van der Waals surface area contributed by atoms with Crippen molar-refractivity contribution in [2.45, 2.75) is 225 Å². The van der Waals surface area contributed by atoms with Gasteiger partial charge in [0.1, 0.15) is 47.8 Å². The van der Waals surface area contributed by atoms with Gasteiger partial charge in [0.05, 0.1) is 73.4 Å². The lowest BCUT2D eigenvalue weighted by molar-refractivity contribution is -0.265. The lowest BCUT2D eigenvalue weighted by Crippen LogP contribution is -2.61. The van der Waals surface area contributed by atoms with Gasteiger partial charge in [0.2, 0.25) is 23.6 Å². The van der Waals surface area contributed by atoms with E-state index in [-0.39, 0.29) is 92.6 Å². The third-order valence-electron chi connectivity index (χ3n) is 28.1. The monoisotopic (exact) mass is 1850 g/mol. The molecule has 7 aromatic rings. The highest BCUT2D eigenvalue weighted by atomic mass is 16.6. The summed E-state index contributed by atoms with van der Waals surface area (Å²) in [5.74, 6) is -6.27. The summed E-state index contributed by atoms with van der Waals surface area (Å²) >= 11 is 0. The van der Waals surface area contributed by atoms with Crippen molar-refractivity contribution in [1.29, 1.82) is 0 Å². The Morgan fingerprint density at radius 3 is 2.22 bits per heavy atom. The van der Waals surface area contributed by atoms with Gasteiger partial charge in [0.25, 0.3) is 17.6 Å². The topological polar surface area (TPSA) is 430 Å². The molecule has 35 nitrogen and oxygen atoms in total. The third-order valence-corrected chi connectivity index (χ3v) is 28.1. The molecule has 35 heteroatoms. The highest BCUT2D eigenvalue weighted by molar-refractivity contribution is 6.39.